The highest BCUT2D eigenvalue weighted by molar-refractivity contribution is 5.75. The van der Waals surface area contributed by atoms with E-state index in [1.807, 2.05) is 25.2 Å². The van der Waals surface area contributed by atoms with Gasteiger partial charge in [-0.05, 0) is 38.8 Å². The van der Waals surface area contributed by atoms with E-state index in [2.05, 4.69) is 29.4 Å². The van der Waals surface area contributed by atoms with Crippen molar-refractivity contribution in [3.63, 3.8) is 0 Å². The van der Waals surface area contributed by atoms with E-state index in [4.69, 9.17) is 4.98 Å². The Bertz CT molecular complexity index is 624. The van der Waals surface area contributed by atoms with E-state index in [1.54, 1.807) is 0 Å². The average Bonchev–Trinajstić information content (AvgIpc) is 2.76. The number of aliphatic hydroxyl groups is 1. The number of aromatic nitrogens is 2. The number of likely N-dealkylation sites (tertiary alicyclic amines) is 1. The van der Waals surface area contributed by atoms with Crippen molar-refractivity contribution in [1.82, 2.24) is 14.5 Å². The molecular formula is C17H25N3O. The van der Waals surface area contributed by atoms with E-state index in [0.717, 1.165) is 42.8 Å². The van der Waals surface area contributed by atoms with Crippen LogP contribution in [-0.2, 0) is 13.5 Å². The van der Waals surface area contributed by atoms with Crippen molar-refractivity contribution in [1.29, 1.82) is 0 Å². The number of rotatable bonds is 3. The van der Waals surface area contributed by atoms with Gasteiger partial charge in [-0.2, -0.15) is 0 Å². The zero-order valence-electron chi connectivity index (χ0n) is 13.2. The van der Waals surface area contributed by atoms with Gasteiger partial charge in [0.25, 0.3) is 0 Å². The minimum atomic E-state index is -0.611. The molecule has 1 N–H and O–H groups in total. The van der Waals surface area contributed by atoms with Crippen molar-refractivity contribution < 1.29 is 5.11 Å². The second-order valence-electron chi connectivity index (χ2n) is 6.61. The van der Waals surface area contributed by atoms with Gasteiger partial charge in [-0.15, -0.1) is 0 Å². The Balaban J connectivity index is 1.77. The SMILES string of the molecule is CC(C)N1CCC(O)(Cc2nc3ccccc3n2C)CC1. The second kappa shape index (κ2) is 5.43. The first kappa shape index (κ1) is 14.5. The number of para-hydroxylation sites is 2. The van der Waals surface area contributed by atoms with Crippen LogP contribution in [0.5, 0.6) is 0 Å². The Labute approximate surface area is 126 Å². The van der Waals surface area contributed by atoms with Gasteiger partial charge in [0.05, 0.1) is 16.6 Å². The molecule has 0 aliphatic carbocycles. The van der Waals surface area contributed by atoms with E-state index in [1.165, 1.54) is 0 Å². The molecule has 0 radical (unpaired) electrons. The van der Waals surface area contributed by atoms with Gasteiger partial charge < -0.3 is 14.6 Å². The molecular weight excluding hydrogens is 262 g/mol. The molecule has 1 saturated heterocycles. The number of hydrogen-bond donors (Lipinski definition) is 1. The molecule has 2 heterocycles. The number of hydrogen-bond acceptors (Lipinski definition) is 3. The fraction of sp³-hybridized carbons (Fsp3) is 0.588. The van der Waals surface area contributed by atoms with Crippen LogP contribution in [0.1, 0.15) is 32.5 Å². The fourth-order valence-electron chi connectivity index (χ4n) is 3.28. The Kier molecular flexibility index (Phi) is 3.76. The third-order valence-corrected chi connectivity index (χ3v) is 4.83. The van der Waals surface area contributed by atoms with E-state index >= 15 is 0 Å². The molecule has 1 aromatic carbocycles. The zero-order chi connectivity index (χ0) is 15.0. The van der Waals surface area contributed by atoms with Crippen LogP contribution in [0.4, 0.5) is 0 Å². The normalized spacial score (nSPS) is 19.5. The summed E-state index contributed by atoms with van der Waals surface area (Å²) in [5, 5.41) is 10.9. The minimum Gasteiger partial charge on any atom is -0.389 e. The molecule has 0 spiro atoms. The topological polar surface area (TPSA) is 41.3 Å². The van der Waals surface area contributed by atoms with Gasteiger partial charge in [0, 0.05) is 32.6 Å². The minimum absolute atomic E-state index is 0.560. The lowest BCUT2D eigenvalue weighted by Crippen LogP contribution is -2.48. The van der Waals surface area contributed by atoms with E-state index in [-0.39, 0.29) is 0 Å². The molecule has 0 bridgehead atoms. The first-order chi connectivity index (χ1) is 9.98. The largest absolute Gasteiger partial charge is 0.389 e. The van der Waals surface area contributed by atoms with E-state index in [9.17, 15) is 5.11 Å². The monoisotopic (exact) mass is 287 g/mol. The standard InChI is InChI=1S/C17H25N3O/c1-13(2)20-10-8-17(21,9-11-20)12-16-18-14-6-4-5-7-15(14)19(16)3/h4-7,13,21H,8-12H2,1-3H3. The highest BCUT2D eigenvalue weighted by Crippen LogP contribution is 2.28. The maximum atomic E-state index is 10.9. The number of piperidine rings is 1. The lowest BCUT2D eigenvalue weighted by Gasteiger charge is -2.39. The summed E-state index contributed by atoms with van der Waals surface area (Å²) in [4.78, 5) is 7.13. The summed E-state index contributed by atoms with van der Waals surface area (Å²) >= 11 is 0. The molecule has 3 rings (SSSR count). The number of nitrogens with zero attached hydrogens (tertiary/aromatic N) is 3. The van der Waals surface area contributed by atoms with Gasteiger partial charge in [0.15, 0.2) is 0 Å². The van der Waals surface area contributed by atoms with Gasteiger partial charge >= 0.3 is 0 Å². The molecule has 4 nitrogen and oxygen atoms in total. The summed E-state index contributed by atoms with van der Waals surface area (Å²) in [5.41, 5.74) is 1.54. The molecule has 1 aromatic heterocycles. The van der Waals surface area contributed by atoms with Crippen LogP contribution < -0.4 is 0 Å². The number of benzene rings is 1. The van der Waals surface area contributed by atoms with Gasteiger partial charge in [-0.3, -0.25) is 0 Å². The van der Waals surface area contributed by atoms with Crippen LogP contribution in [0.25, 0.3) is 11.0 Å². The second-order valence-corrected chi connectivity index (χ2v) is 6.61. The average molecular weight is 287 g/mol. The molecule has 0 saturated carbocycles. The smallest absolute Gasteiger partial charge is 0.112 e. The Hall–Kier alpha value is -1.39. The predicted octanol–water partition coefficient (Wildman–Crippen LogP) is 2.35. The lowest BCUT2D eigenvalue weighted by molar-refractivity contribution is -0.0287. The molecule has 21 heavy (non-hydrogen) atoms. The predicted molar refractivity (Wildman–Crippen MR) is 85.3 cm³/mol. The summed E-state index contributed by atoms with van der Waals surface area (Å²) < 4.78 is 2.11. The molecule has 1 aliphatic heterocycles. The van der Waals surface area contributed by atoms with Crippen molar-refractivity contribution >= 4 is 11.0 Å². The van der Waals surface area contributed by atoms with Crippen LogP contribution in [-0.4, -0.2) is 44.3 Å². The fourth-order valence-corrected chi connectivity index (χ4v) is 3.28. The third kappa shape index (κ3) is 2.83. The maximum Gasteiger partial charge on any atom is 0.112 e. The molecule has 114 valence electrons. The molecule has 0 amide bonds. The summed E-state index contributed by atoms with van der Waals surface area (Å²) in [6.45, 7) is 6.38. The summed E-state index contributed by atoms with van der Waals surface area (Å²) in [5.74, 6) is 0.983. The summed E-state index contributed by atoms with van der Waals surface area (Å²) in [6.07, 6.45) is 2.30. The first-order valence-corrected chi connectivity index (χ1v) is 7.85. The van der Waals surface area contributed by atoms with Crippen LogP contribution in [0.3, 0.4) is 0 Å². The Morgan fingerprint density at radius 1 is 1.24 bits per heavy atom. The highest BCUT2D eigenvalue weighted by atomic mass is 16.3. The van der Waals surface area contributed by atoms with Crippen molar-refractivity contribution in [3.05, 3.63) is 30.1 Å². The molecule has 1 aliphatic rings. The van der Waals surface area contributed by atoms with Crippen molar-refractivity contribution in [2.24, 2.45) is 7.05 Å². The van der Waals surface area contributed by atoms with E-state index < -0.39 is 5.60 Å². The summed E-state index contributed by atoms with van der Waals surface area (Å²) in [6, 6.07) is 8.71. The quantitative estimate of drug-likeness (QED) is 0.942. The zero-order valence-corrected chi connectivity index (χ0v) is 13.2. The van der Waals surface area contributed by atoms with Gasteiger partial charge in [-0.1, -0.05) is 12.1 Å². The van der Waals surface area contributed by atoms with Crippen LogP contribution in [0.2, 0.25) is 0 Å². The first-order valence-electron chi connectivity index (χ1n) is 7.85. The number of imidazole rings is 1. The molecule has 2 aromatic rings. The summed E-state index contributed by atoms with van der Waals surface area (Å²) in [7, 11) is 2.04. The Morgan fingerprint density at radius 2 is 1.90 bits per heavy atom. The number of aryl methyl sites for hydroxylation is 1. The van der Waals surface area contributed by atoms with Gasteiger partial charge in [-0.25, -0.2) is 4.98 Å². The molecule has 4 heteroatoms. The van der Waals surface area contributed by atoms with Crippen LogP contribution >= 0.6 is 0 Å². The van der Waals surface area contributed by atoms with Crippen molar-refractivity contribution in [2.75, 3.05) is 13.1 Å². The van der Waals surface area contributed by atoms with Gasteiger partial charge in [0.1, 0.15) is 5.82 Å². The van der Waals surface area contributed by atoms with Crippen LogP contribution in [0.15, 0.2) is 24.3 Å². The number of fused-ring (bicyclic) bond motifs is 1. The van der Waals surface area contributed by atoms with E-state index in [0.29, 0.717) is 12.5 Å². The highest BCUT2D eigenvalue weighted by Gasteiger charge is 2.34. The molecule has 0 unspecified atom stereocenters. The molecule has 0 atom stereocenters. The van der Waals surface area contributed by atoms with Crippen LogP contribution in [0, 0.1) is 0 Å². The van der Waals surface area contributed by atoms with Crippen molar-refractivity contribution in [3.8, 4) is 0 Å². The van der Waals surface area contributed by atoms with Crippen molar-refractivity contribution in [2.45, 2.75) is 44.8 Å². The molecule has 1 fully saturated rings. The maximum absolute atomic E-state index is 10.9. The van der Waals surface area contributed by atoms with Gasteiger partial charge in [0.2, 0.25) is 0 Å². The third-order valence-electron chi connectivity index (χ3n) is 4.83. The lowest BCUT2D eigenvalue weighted by atomic mass is 9.87. The Morgan fingerprint density at radius 3 is 2.52 bits per heavy atom.